The lowest BCUT2D eigenvalue weighted by Crippen LogP contribution is -2.35. The summed E-state index contributed by atoms with van der Waals surface area (Å²) in [5, 5.41) is 0. The summed E-state index contributed by atoms with van der Waals surface area (Å²) >= 11 is 0. The van der Waals surface area contributed by atoms with Crippen LogP contribution in [0, 0.1) is 0 Å². The maximum atomic E-state index is 13.2. The monoisotopic (exact) mass is 500 g/mol. The highest BCUT2D eigenvalue weighted by Crippen LogP contribution is 2.70. The Bertz CT molecular complexity index is 809. The van der Waals surface area contributed by atoms with Gasteiger partial charge in [-0.1, -0.05) is 54.2 Å². The Morgan fingerprint density at radius 3 is 1.52 bits per heavy atom. The van der Waals surface area contributed by atoms with E-state index in [-0.39, 0.29) is 12.8 Å². The van der Waals surface area contributed by atoms with Crippen LogP contribution in [0.3, 0.4) is 0 Å². The molecule has 0 amide bonds. The van der Waals surface area contributed by atoms with Crippen molar-refractivity contribution in [3.05, 3.63) is 46.6 Å². The summed E-state index contributed by atoms with van der Waals surface area (Å²) in [5.74, 6) is 0. The van der Waals surface area contributed by atoms with Crippen molar-refractivity contribution in [3.63, 3.8) is 0 Å². The lowest BCUT2D eigenvalue weighted by Gasteiger charge is -2.48. The van der Waals surface area contributed by atoms with E-state index in [4.69, 9.17) is 4.52 Å². The van der Waals surface area contributed by atoms with E-state index in [1.165, 1.54) is 30.6 Å². The number of rotatable bonds is 16. The first-order valence-corrected chi connectivity index (χ1v) is 15.4. The van der Waals surface area contributed by atoms with E-state index in [0.29, 0.717) is 6.42 Å². The van der Waals surface area contributed by atoms with Gasteiger partial charge in [0, 0.05) is 6.16 Å². The quantitative estimate of drug-likeness (QED) is 0.162. The lowest BCUT2D eigenvalue weighted by molar-refractivity contribution is -0.317. The highest BCUT2D eigenvalue weighted by Gasteiger charge is 2.43. The molecule has 0 aromatic heterocycles. The van der Waals surface area contributed by atoms with Crippen LogP contribution in [0.4, 0.5) is 0 Å². The van der Waals surface area contributed by atoms with E-state index < -0.39 is 19.9 Å². The van der Waals surface area contributed by atoms with Gasteiger partial charge in [-0.25, -0.2) is 0 Å². The Balaban J connectivity index is 4.63. The fraction of sp³-hybridized carbons (Fsp3) is 0.692. The van der Waals surface area contributed by atoms with Gasteiger partial charge in [0.15, 0.2) is 0 Å². The van der Waals surface area contributed by atoms with Crippen LogP contribution in [0.25, 0.3) is 0 Å². The van der Waals surface area contributed by atoms with Crippen molar-refractivity contribution in [1.82, 2.24) is 0 Å². The van der Waals surface area contributed by atoms with Crippen LogP contribution >= 0.6 is 15.0 Å². The molecule has 0 radical (unpaired) electrons. The third kappa shape index (κ3) is 12.5. The molecule has 5 nitrogen and oxygen atoms in total. The van der Waals surface area contributed by atoms with Gasteiger partial charge in [-0.15, -0.1) is 0 Å². The largest absolute Gasteiger partial charge is 0.810 e. The minimum absolute atomic E-state index is 0.0494. The molecule has 0 bridgehead atoms. The van der Waals surface area contributed by atoms with E-state index >= 15 is 0 Å². The van der Waals surface area contributed by atoms with Crippen LogP contribution in [0.1, 0.15) is 100 Å². The van der Waals surface area contributed by atoms with Crippen molar-refractivity contribution >= 4 is 15.0 Å². The standard InChI is InChI=1S/C26H48O5P2/c1-9-31-32(27,26(7,8)33(28,29)30)21-13-20-25(6)19-12-18-24(5)17-11-16-23(4)15-10-14-22(2)3/h14,16,18,20H,9-13,15,17,19,21H2,1-8H3,(H2,28,29,30)/p-2/b23-16+,24-18+,25-20+. The minimum Gasteiger partial charge on any atom is -0.810 e. The molecule has 0 aliphatic carbocycles. The SMILES string of the molecule is CCOP(=O)(CC/C=C(\C)CC/C=C(\C)CC/C=C(\C)CCC=C(C)C)C(C)(C)P(=O)([O-])[O-]. The molecule has 1 unspecified atom stereocenters. The fourth-order valence-electron chi connectivity index (χ4n) is 3.36. The number of allylic oxidation sites excluding steroid dienone is 8. The molecule has 0 aliphatic rings. The molecular formula is C26H46O5P2-2. The molecule has 1 atom stereocenters. The summed E-state index contributed by atoms with van der Waals surface area (Å²) < 4.78 is 30.2. The molecule has 0 N–H and O–H groups in total. The van der Waals surface area contributed by atoms with Gasteiger partial charge in [0.2, 0.25) is 7.37 Å². The molecular weight excluding hydrogens is 454 g/mol. The van der Waals surface area contributed by atoms with Gasteiger partial charge >= 0.3 is 0 Å². The summed E-state index contributed by atoms with van der Waals surface area (Å²) in [6.45, 7) is 14.8. The highest BCUT2D eigenvalue weighted by atomic mass is 31.2. The Kier molecular flexibility index (Phi) is 15.0. The van der Waals surface area contributed by atoms with Gasteiger partial charge in [0.05, 0.1) is 11.5 Å². The predicted octanol–water partition coefficient (Wildman–Crippen LogP) is 7.49. The maximum Gasteiger partial charge on any atom is 0.213 e. The zero-order valence-electron chi connectivity index (χ0n) is 22.1. The van der Waals surface area contributed by atoms with Crippen molar-refractivity contribution < 1.29 is 23.4 Å². The first kappa shape index (κ1) is 32.3. The Morgan fingerprint density at radius 2 is 1.15 bits per heavy atom. The Labute approximate surface area is 203 Å². The minimum atomic E-state index is -5.06. The predicted molar refractivity (Wildman–Crippen MR) is 139 cm³/mol. The summed E-state index contributed by atoms with van der Waals surface area (Å²) in [7, 11) is -8.69. The first-order chi connectivity index (χ1) is 15.2. The second-order valence-electron chi connectivity index (χ2n) is 9.64. The molecule has 0 aromatic rings. The second kappa shape index (κ2) is 15.3. The van der Waals surface area contributed by atoms with Gasteiger partial charge in [-0.05, 0) is 100 Å². The number of hydrogen-bond acceptors (Lipinski definition) is 5. The van der Waals surface area contributed by atoms with Gasteiger partial charge in [0.1, 0.15) is 0 Å². The third-order valence-corrected chi connectivity index (χ3v) is 12.1. The van der Waals surface area contributed by atoms with Crippen molar-refractivity contribution in [1.29, 1.82) is 0 Å². The van der Waals surface area contributed by atoms with Crippen LogP contribution in [0.15, 0.2) is 46.6 Å². The van der Waals surface area contributed by atoms with Gasteiger partial charge < -0.3 is 18.9 Å². The van der Waals surface area contributed by atoms with E-state index in [1.807, 2.05) is 13.0 Å². The van der Waals surface area contributed by atoms with E-state index in [9.17, 15) is 18.9 Å². The fourth-order valence-corrected chi connectivity index (χ4v) is 7.20. The van der Waals surface area contributed by atoms with E-state index in [0.717, 1.165) is 44.1 Å². The molecule has 33 heavy (non-hydrogen) atoms. The smallest absolute Gasteiger partial charge is 0.213 e. The van der Waals surface area contributed by atoms with Crippen LogP contribution < -0.4 is 9.79 Å². The van der Waals surface area contributed by atoms with Crippen LogP contribution in [-0.2, 0) is 13.7 Å². The molecule has 0 aromatic carbocycles. The molecule has 7 heteroatoms. The van der Waals surface area contributed by atoms with Crippen molar-refractivity contribution in [2.45, 2.75) is 105 Å². The molecule has 0 aliphatic heterocycles. The normalized spacial score (nSPS) is 16.0. The zero-order chi connectivity index (χ0) is 25.7. The van der Waals surface area contributed by atoms with Gasteiger partial charge in [-0.3, -0.25) is 4.57 Å². The van der Waals surface area contributed by atoms with Gasteiger partial charge in [-0.2, -0.15) is 0 Å². The zero-order valence-corrected chi connectivity index (χ0v) is 23.9. The van der Waals surface area contributed by atoms with Crippen molar-refractivity contribution in [2.24, 2.45) is 0 Å². The van der Waals surface area contributed by atoms with Crippen molar-refractivity contribution in [2.75, 3.05) is 12.8 Å². The molecule has 0 heterocycles. The van der Waals surface area contributed by atoms with Crippen LogP contribution in [0.5, 0.6) is 0 Å². The molecule has 0 rings (SSSR count). The highest BCUT2D eigenvalue weighted by molar-refractivity contribution is 7.74. The van der Waals surface area contributed by atoms with E-state index in [2.05, 4.69) is 45.9 Å². The van der Waals surface area contributed by atoms with Gasteiger partial charge in [0.25, 0.3) is 0 Å². The summed E-state index contributed by atoms with van der Waals surface area (Å²) in [5.41, 5.74) is 5.34. The molecule has 0 spiro atoms. The first-order valence-electron chi connectivity index (χ1n) is 12.0. The topological polar surface area (TPSA) is 89.5 Å². The Hall–Kier alpha value is -0.700. The van der Waals surface area contributed by atoms with Crippen LogP contribution in [-0.4, -0.2) is 17.7 Å². The average molecular weight is 501 g/mol. The van der Waals surface area contributed by atoms with Crippen LogP contribution in [0.2, 0.25) is 0 Å². The molecule has 0 fully saturated rings. The summed E-state index contributed by atoms with van der Waals surface area (Å²) in [4.78, 5) is 21.4. The lowest BCUT2D eigenvalue weighted by atomic mass is 10.0. The molecule has 192 valence electrons. The van der Waals surface area contributed by atoms with Crippen molar-refractivity contribution in [3.8, 4) is 0 Å². The number of hydrogen-bond donors (Lipinski definition) is 0. The average Bonchev–Trinajstić information content (AvgIpc) is 2.67. The second-order valence-corrected chi connectivity index (χ2v) is 15.3. The molecule has 0 saturated heterocycles. The molecule has 0 saturated carbocycles. The van der Waals surface area contributed by atoms with E-state index in [1.54, 1.807) is 6.92 Å². The maximum absolute atomic E-state index is 13.2. The summed E-state index contributed by atoms with van der Waals surface area (Å²) in [6.07, 6.45) is 15.5. The third-order valence-electron chi connectivity index (χ3n) is 5.91. The Morgan fingerprint density at radius 1 is 0.758 bits per heavy atom. The summed E-state index contributed by atoms with van der Waals surface area (Å²) in [6, 6.07) is 0.